The molecule has 0 aliphatic carbocycles. The Morgan fingerprint density at radius 3 is 1.33 bits per heavy atom. The van der Waals surface area contributed by atoms with Gasteiger partial charge in [0.25, 0.3) is 0 Å². The van der Waals surface area contributed by atoms with Crippen molar-refractivity contribution in [2.75, 3.05) is 33.2 Å². The second-order valence-electron chi connectivity index (χ2n) is 7.36. The summed E-state index contributed by atoms with van der Waals surface area (Å²) >= 11 is 0. The summed E-state index contributed by atoms with van der Waals surface area (Å²) in [5, 5.41) is 7.05. The third-order valence-electron chi connectivity index (χ3n) is 2.74. The fourth-order valence-electron chi connectivity index (χ4n) is 1.74. The van der Waals surface area contributed by atoms with Gasteiger partial charge in [-0.25, -0.2) is 0 Å². The Morgan fingerprint density at radius 1 is 0.722 bits per heavy atom. The van der Waals surface area contributed by atoms with Crippen molar-refractivity contribution in [3.05, 3.63) is 0 Å². The molecule has 0 rings (SSSR count). The van der Waals surface area contributed by atoms with E-state index in [9.17, 15) is 0 Å². The Balaban J connectivity index is 3.41. The van der Waals surface area contributed by atoms with E-state index < -0.39 is 0 Å². The smallest absolute Gasteiger partial charge is 0.00965 e. The fraction of sp³-hybridized carbons (Fsp3) is 1.00. The average Bonchev–Trinajstić information content (AvgIpc) is 2.17. The van der Waals surface area contributed by atoms with Gasteiger partial charge in [0.2, 0.25) is 0 Å². The predicted molar refractivity (Wildman–Crippen MR) is 82.2 cm³/mol. The summed E-state index contributed by atoms with van der Waals surface area (Å²) in [7, 11) is 2.22. The first-order valence-electron chi connectivity index (χ1n) is 7.29. The molecule has 0 spiro atoms. The fourth-order valence-corrected chi connectivity index (χ4v) is 1.74. The Bertz CT molecular complexity index is 179. The molecule has 0 amide bonds. The molecule has 0 aromatic heterocycles. The Labute approximate surface area is 115 Å². The minimum atomic E-state index is 0.245. The van der Waals surface area contributed by atoms with E-state index in [0.29, 0.717) is 0 Å². The lowest BCUT2D eigenvalue weighted by Gasteiger charge is -2.23. The lowest BCUT2D eigenvalue weighted by molar-refractivity contribution is 0.304. The highest BCUT2D eigenvalue weighted by Crippen LogP contribution is 2.00. The van der Waals surface area contributed by atoms with Crippen LogP contribution in [0.5, 0.6) is 0 Å². The van der Waals surface area contributed by atoms with Gasteiger partial charge in [-0.05, 0) is 87.6 Å². The molecule has 0 saturated heterocycles. The molecule has 0 fully saturated rings. The third kappa shape index (κ3) is 13.9. The van der Waals surface area contributed by atoms with E-state index in [1.807, 2.05) is 0 Å². The van der Waals surface area contributed by atoms with Gasteiger partial charge in [0, 0.05) is 11.1 Å². The van der Waals surface area contributed by atoms with Crippen LogP contribution in [0.1, 0.15) is 54.4 Å². The summed E-state index contributed by atoms with van der Waals surface area (Å²) in [6, 6.07) is 0. The standard InChI is InChI=1S/C15H35N3/c1-14(2,3)16-10-8-12-18(7)13-9-11-17-15(4,5)6/h16-17H,8-13H2,1-7H3. The zero-order chi connectivity index (χ0) is 14.2. The van der Waals surface area contributed by atoms with Gasteiger partial charge in [-0.2, -0.15) is 0 Å². The van der Waals surface area contributed by atoms with E-state index in [4.69, 9.17) is 0 Å². The normalized spacial score (nSPS) is 13.3. The summed E-state index contributed by atoms with van der Waals surface area (Å²) in [5.74, 6) is 0. The number of nitrogens with one attached hydrogen (secondary N) is 2. The van der Waals surface area contributed by atoms with Crippen molar-refractivity contribution >= 4 is 0 Å². The van der Waals surface area contributed by atoms with Crippen molar-refractivity contribution in [3.8, 4) is 0 Å². The first-order chi connectivity index (χ1) is 8.10. The summed E-state index contributed by atoms with van der Waals surface area (Å²) in [5.41, 5.74) is 0.490. The van der Waals surface area contributed by atoms with Gasteiger partial charge < -0.3 is 15.5 Å². The van der Waals surface area contributed by atoms with Gasteiger partial charge in [-0.15, -0.1) is 0 Å². The molecule has 0 aliphatic heterocycles. The monoisotopic (exact) mass is 257 g/mol. The van der Waals surface area contributed by atoms with E-state index in [1.54, 1.807) is 0 Å². The maximum absolute atomic E-state index is 3.53. The minimum Gasteiger partial charge on any atom is -0.312 e. The highest BCUT2D eigenvalue weighted by atomic mass is 15.1. The van der Waals surface area contributed by atoms with Crippen LogP contribution in [0, 0.1) is 0 Å². The summed E-state index contributed by atoms with van der Waals surface area (Å²) in [6.45, 7) is 17.9. The second kappa shape index (κ2) is 8.13. The minimum absolute atomic E-state index is 0.245. The van der Waals surface area contributed by atoms with Crippen LogP contribution in [-0.2, 0) is 0 Å². The van der Waals surface area contributed by atoms with Crippen molar-refractivity contribution in [3.63, 3.8) is 0 Å². The molecular weight excluding hydrogens is 222 g/mol. The van der Waals surface area contributed by atoms with Gasteiger partial charge in [0.1, 0.15) is 0 Å². The first-order valence-corrected chi connectivity index (χ1v) is 7.29. The zero-order valence-corrected chi connectivity index (χ0v) is 13.7. The number of rotatable bonds is 8. The van der Waals surface area contributed by atoms with E-state index in [0.717, 1.165) is 13.1 Å². The SMILES string of the molecule is CN(CCCNC(C)(C)C)CCCNC(C)(C)C. The molecule has 0 unspecified atom stereocenters. The average molecular weight is 257 g/mol. The molecule has 0 aromatic carbocycles. The topological polar surface area (TPSA) is 27.3 Å². The molecular formula is C15H35N3. The maximum Gasteiger partial charge on any atom is 0.00965 e. The number of hydrogen-bond acceptors (Lipinski definition) is 3. The number of hydrogen-bond donors (Lipinski definition) is 2. The first kappa shape index (κ1) is 17.9. The van der Waals surface area contributed by atoms with Crippen LogP contribution in [0.3, 0.4) is 0 Å². The van der Waals surface area contributed by atoms with Crippen LogP contribution < -0.4 is 10.6 Å². The number of nitrogens with zero attached hydrogens (tertiary/aromatic N) is 1. The van der Waals surface area contributed by atoms with E-state index >= 15 is 0 Å². The summed E-state index contributed by atoms with van der Waals surface area (Å²) < 4.78 is 0. The van der Waals surface area contributed by atoms with Gasteiger partial charge in [0.05, 0.1) is 0 Å². The van der Waals surface area contributed by atoms with Gasteiger partial charge in [0.15, 0.2) is 0 Å². The Morgan fingerprint density at radius 2 is 1.06 bits per heavy atom. The van der Waals surface area contributed by atoms with Gasteiger partial charge in [-0.1, -0.05) is 0 Å². The van der Waals surface area contributed by atoms with E-state index in [-0.39, 0.29) is 11.1 Å². The molecule has 110 valence electrons. The quantitative estimate of drug-likeness (QED) is 0.654. The highest BCUT2D eigenvalue weighted by molar-refractivity contribution is 4.71. The van der Waals surface area contributed by atoms with Gasteiger partial charge in [-0.3, -0.25) is 0 Å². The molecule has 0 aliphatic rings. The summed E-state index contributed by atoms with van der Waals surface area (Å²) in [6.07, 6.45) is 2.45. The van der Waals surface area contributed by atoms with Crippen molar-refractivity contribution in [2.45, 2.75) is 65.5 Å². The third-order valence-corrected chi connectivity index (χ3v) is 2.74. The molecule has 3 nitrogen and oxygen atoms in total. The molecule has 0 radical (unpaired) electrons. The Kier molecular flexibility index (Phi) is 8.08. The van der Waals surface area contributed by atoms with Crippen molar-refractivity contribution < 1.29 is 0 Å². The zero-order valence-electron chi connectivity index (χ0n) is 13.7. The van der Waals surface area contributed by atoms with Crippen LogP contribution in [0.4, 0.5) is 0 Å². The summed E-state index contributed by atoms with van der Waals surface area (Å²) in [4.78, 5) is 2.43. The Hall–Kier alpha value is -0.120. The van der Waals surface area contributed by atoms with Crippen LogP contribution in [-0.4, -0.2) is 49.2 Å². The lowest BCUT2D eigenvalue weighted by Crippen LogP contribution is -2.38. The largest absolute Gasteiger partial charge is 0.312 e. The molecule has 0 saturated carbocycles. The van der Waals surface area contributed by atoms with Gasteiger partial charge >= 0.3 is 0 Å². The predicted octanol–water partition coefficient (Wildman–Crippen LogP) is 2.47. The highest BCUT2D eigenvalue weighted by Gasteiger charge is 2.09. The molecule has 0 aromatic rings. The van der Waals surface area contributed by atoms with Crippen LogP contribution in [0.25, 0.3) is 0 Å². The molecule has 18 heavy (non-hydrogen) atoms. The molecule has 3 heteroatoms. The molecule has 0 bridgehead atoms. The van der Waals surface area contributed by atoms with Crippen LogP contribution >= 0.6 is 0 Å². The van der Waals surface area contributed by atoms with Crippen LogP contribution in [0.2, 0.25) is 0 Å². The molecule has 0 heterocycles. The van der Waals surface area contributed by atoms with E-state index in [1.165, 1.54) is 25.9 Å². The molecule has 0 atom stereocenters. The lowest BCUT2D eigenvalue weighted by atomic mass is 10.1. The van der Waals surface area contributed by atoms with Crippen LogP contribution in [0.15, 0.2) is 0 Å². The van der Waals surface area contributed by atoms with Crippen molar-refractivity contribution in [1.29, 1.82) is 0 Å². The maximum atomic E-state index is 3.53. The van der Waals surface area contributed by atoms with E-state index in [2.05, 4.69) is 64.1 Å². The molecule has 2 N–H and O–H groups in total. The second-order valence-corrected chi connectivity index (χ2v) is 7.36. The van der Waals surface area contributed by atoms with Crippen molar-refractivity contribution in [2.24, 2.45) is 0 Å². The van der Waals surface area contributed by atoms with Crippen molar-refractivity contribution in [1.82, 2.24) is 15.5 Å².